The van der Waals surface area contributed by atoms with E-state index in [1.807, 2.05) is 44.2 Å². The number of rotatable bonds is 4. The second kappa shape index (κ2) is 6.52. The molecule has 0 radical (unpaired) electrons. The van der Waals surface area contributed by atoms with E-state index in [4.69, 9.17) is 5.73 Å². The Labute approximate surface area is 135 Å². The first-order valence-corrected chi connectivity index (χ1v) is 7.21. The van der Waals surface area contributed by atoms with E-state index in [0.29, 0.717) is 5.69 Å². The number of nitrogens with one attached hydrogen (secondary N) is 1. The van der Waals surface area contributed by atoms with E-state index >= 15 is 0 Å². The molecule has 23 heavy (non-hydrogen) atoms. The minimum absolute atomic E-state index is 0.247. The highest BCUT2D eigenvalue weighted by molar-refractivity contribution is 6.02. The topological polar surface area (TPSA) is 81.4 Å². The van der Waals surface area contributed by atoms with Gasteiger partial charge in [0.15, 0.2) is 0 Å². The maximum absolute atomic E-state index is 12.6. The third kappa shape index (κ3) is 3.69. The summed E-state index contributed by atoms with van der Waals surface area (Å²) in [6.07, 6.45) is 0. The van der Waals surface area contributed by atoms with Gasteiger partial charge in [-0.05, 0) is 37.6 Å². The minimum atomic E-state index is -0.577. The molecule has 0 saturated carbocycles. The number of ether oxygens (including phenoxy) is 1. The van der Waals surface area contributed by atoms with Crippen LogP contribution in [-0.2, 0) is 10.3 Å². The Bertz CT molecular complexity index is 724. The second-order valence-electron chi connectivity index (χ2n) is 5.74. The molecule has 3 N–H and O–H groups in total. The Balaban J connectivity index is 2.29. The molecule has 0 aliphatic carbocycles. The van der Waals surface area contributed by atoms with Crippen molar-refractivity contribution < 1.29 is 14.3 Å². The lowest BCUT2D eigenvalue weighted by Crippen LogP contribution is -2.41. The molecule has 0 aliphatic heterocycles. The van der Waals surface area contributed by atoms with Gasteiger partial charge in [-0.15, -0.1) is 0 Å². The van der Waals surface area contributed by atoms with Crippen molar-refractivity contribution in [1.29, 1.82) is 0 Å². The molecule has 0 heterocycles. The van der Waals surface area contributed by atoms with Gasteiger partial charge in [-0.2, -0.15) is 0 Å². The molecule has 2 rings (SSSR count). The van der Waals surface area contributed by atoms with Crippen LogP contribution >= 0.6 is 0 Å². The maximum atomic E-state index is 12.6. The van der Waals surface area contributed by atoms with Crippen molar-refractivity contribution in [2.45, 2.75) is 19.4 Å². The number of carbonyl (C=O) groups excluding carboxylic acids is 2. The molecule has 0 atom stereocenters. The monoisotopic (exact) mass is 312 g/mol. The van der Waals surface area contributed by atoms with Crippen LogP contribution in [0.3, 0.4) is 0 Å². The molecule has 0 fully saturated rings. The van der Waals surface area contributed by atoms with E-state index in [0.717, 1.165) is 5.56 Å². The highest BCUT2D eigenvalue weighted by Gasteiger charge is 2.24. The molecule has 0 aliphatic rings. The van der Waals surface area contributed by atoms with E-state index in [1.54, 1.807) is 0 Å². The number of amides is 1. The standard InChI is InChI=1S/C18H20N2O3/c1-18(2,13-7-5-4-6-8-13)20-16(21)14-11-12(17(22)23-3)9-10-15(14)19/h4-11H,19H2,1-3H3,(H,20,21). The summed E-state index contributed by atoms with van der Waals surface area (Å²) in [5, 5.41) is 2.94. The molecule has 2 aromatic carbocycles. The van der Waals surface area contributed by atoms with Crippen LogP contribution in [0.4, 0.5) is 5.69 Å². The molecule has 5 nitrogen and oxygen atoms in total. The number of esters is 1. The number of anilines is 1. The fraction of sp³-hybridized carbons (Fsp3) is 0.222. The molecule has 5 heteroatoms. The normalized spacial score (nSPS) is 10.9. The van der Waals surface area contributed by atoms with Gasteiger partial charge in [0.05, 0.1) is 23.8 Å². The highest BCUT2D eigenvalue weighted by atomic mass is 16.5. The average molecular weight is 312 g/mol. The quantitative estimate of drug-likeness (QED) is 0.672. The predicted molar refractivity (Wildman–Crippen MR) is 89.1 cm³/mol. The summed E-state index contributed by atoms with van der Waals surface area (Å²) in [6.45, 7) is 3.81. The largest absolute Gasteiger partial charge is 0.465 e. The molecule has 0 bridgehead atoms. The predicted octanol–water partition coefficient (Wildman–Crippen LogP) is 2.72. The van der Waals surface area contributed by atoms with Gasteiger partial charge in [-0.1, -0.05) is 30.3 Å². The van der Waals surface area contributed by atoms with Crippen LogP contribution in [0.2, 0.25) is 0 Å². The Morgan fingerprint density at radius 3 is 2.35 bits per heavy atom. The van der Waals surface area contributed by atoms with E-state index in [1.165, 1.54) is 25.3 Å². The fourth-order valence-electron chi connectivity index (χ4n) is 2.28. The van der Waals surface area contributed by atoms with Crippen molar-refractivity contribution in [1.82, 2.24) is 5.32 Å². The van der Waals surface area contributed by atoms with Gasteiger partial charge in [0.25, 0.3) is 5.91 Å². The zero-order valence-corrected chi connectivity index (χ0v) is 13.4. The van der Waals surface area contributed by atoms with Crippen molar-refractivity contribution in [3.8, 4) is 0 Å². The summed E-state index contributed by atoms with van der Waals surface area (Å²) in [6, 6.07) is 14.1. The smallest absolute Gasteiger partial charge is 0.337 e. The van der Waals surface area contributed by atoms with Crippen LogP contribution in [0.15, 0.2) is 48.5 Å². The fourth-order valence-corrected chi connectivity index (χ4v) is 2.28. The molecular weight excluding hydrogens is 292 g/mol. The number of carbonyl (C=O) groups is 2. The van der Waals surface area contributed by atoms with Gasteiger partial charge < -0.3 is 15.8 Å². The Kier molecular flexibility index (Phi) is 4.69. The number of methoxy groups -OCH3 is 1. The minimum Gasteiger partial charge on any atom is -0.465 e. The third-order valence-electron chi connectivity index (χ3n) is 3.64. The molecule has 120 valence electrons. The van der Waals surface area contributed by atoms with Gasteiger partial charge >= 0.3 is 5.97 Å². The summed E-state index contributed by atoms with van der Waals surface area (Å²) in [5.74, 6) is -0.858. The van der Waals surface area contributed by atoms with Gasteiger partial charge in [-0.25, -0.2) is 4.79 Å². The lowest BCUT2D eigenvalue weighted by atomic mass is 9.93. The molecule has 1 amide bonds. The average Bonchev–Trinajstić information content (AvgIpc) is 2.55. The molecule has 0 saturated heterocycles. The molecule has 0 spiro atoms. The molecular formula is C18H20N2O3. The van der Waals surface area contributed by atoms with Gasteiger partial charge in [0.2, 0.25) is 0 Å². The molecule has 0 aromatic heterocycles. The first kappa shape index (κ1) is 16.5. The lowest BCUT2D eigenvalue weighted by Gasteiger charge is -2.27. The van der Waals surface area contributed by atoms with Crippen LogP contribution < -0.4 is 11.1 Å². The SMILES string of the molecule is COC(=O)c1ccc(N)c(C(=O)NC(C)(C)c2ccccc2)c1. The van der Waals surface area contributed by atoms with Gasteiger partial charge in [-0.3, -0.25) is 4.79 Å². The summed E-state index contributed by atoms with van der Waals surface area (Å²) < 4.78 is 4.67. The van der Waals surface area contributed by atoms with Gasteiger partial charge in [0.1, 0.15) is 0 Å². The maximum Gasteiger partial charge on any atom is 0.337 e. The second-order valence-corrected chi connectivity index (χ2v) is 5.74. The van der Waals surface area contributed by atoms with Crippen LogP contribution in [0, 0.1) is 0 Å². The molecule has 2 aromatic rings. The number of nitrogens with two attached hydrogens (primary N) is 1. The first-order chi connectivity index (χ1) is 10.8. The first-order valence-electron chi connectivity index (χ1n) is 7.21. The molecule has 0 unspecified atom stereocenters. The van der Waals surface area contributed by atoms with E-state index < -0.39 is 11.5 Å². The summed E-state index contributed by atoms with van der Waals surface area (Å²) in [4.78, 5) is 24.2. The van der Waals surface area contributed by atoms with Crippen molar-refractivity contribution in [3.05, 3.63) is 65.2 Å². The Morgan fingerprint density at radius 2 is 1.74 bits per heavy atom. The summed E-state index contributed by atoms with van der Waals surface area (Å²) in [7, 11) is 1.29. The van der Waals surface area contributed by atoms with Crippen LogP contribution in [0.5, 0.6) is 0 Å². The van der Waals surface area contributed by atoms with Gasteiger partial charge in [0, 0.05) is 5.69 Å². The van der Waals surface area contributed by atoms with Crippen LogP contribution in [0.1, 0.15) is 40.1 Å². The number of hydrogen-bond acceptors (Lipinski definition) is 4. The summed E-state index contributed by atoms with van der Waals surface area (Å²) >= 11 is 0. The van der Waals surface area contributed by atoms with Crippen LogP contribution in [-0.4, -0.2) is 19.0 Å². The van der Waals surface area contributed by atoms with Crippen molar-refractivity contribution in [2.75, 3.05) is 12.8 Å². The number of hydrogen-bond donors (Lipinski definition) is 2. The lowest BCUT2D eigenvalue weighted by molar-refractivity contribution is 0.0601. The van der Waals surface area contributed by atoms with Crippen LogP contribution in [0.25, 0.3) is 0 Å². The van der Waals surface area contributed by atoms with Crippen molar-refractivity contribution in [3.63, 3.8) is 0 Å². The number of nitrogen functional groups attached to an aromatic ring is 1. The third-order valence-corrected chi connectivity index (χ3v) is 3.64. The zero-order valence-electron chi connectivity index (χ0n) is 13.4. The van der Waals surface area contributed by atoms with Crippen molar-refractivity contribution >= 4 is 17.6 Å². The van der Waals surface area contributed by atoms with Crippen molar-refractivity contribution in [2.24, 2.45) is 0 Å². The Hall–Kier alpha value is -2.82. The van der Waals surface area contributed by atoms with E-state index in [2.05, 4.69) is 10.1 Å². The highest BCUT2D eigenvalue weighted by Crippen LogP contribution is 2.22. The van der Waals surface area contributed by atoms with E-state index in [-0.39, 0.29) is 17.0 Å². The number of benzene rings is 2. The Morgan fingerprint density at radius 1 is 1.09 bits per heavy atom. The zero-order chi connectivity index (χ0) is 17.0. The van der Waals surface area contributed by atoms with E-state index in [9.17, 15) is 9.59 Å². The summed E-state index contributed by atoms with van der Waals surface area (Å²) in [5.41, 5.74) is 7.10.